The van der Waals surface area contributed by atoms with Gasteiger partial charge in [0.1, 0.15) is 0 Å². The molecule has 0 unspecified atom stereocenters. The zero-order chi connectivity index (χ0) is 17.3. The molecule has 0 aliphatic carbocycles. The van der Waals surface area contributed by atoms with Crippen LogP contribution in [0.25, 0.3) is 10.9 Å². The van der Waals surface area contributed by atoms with Crippen molar-refractivity contribution in [3.63, 3.8) is 0 Å². The Morgan fingerprint density at radius 3 is 2.58 bits per heavy atom. The van der Waals surface area contributed by atoms with Crippen molar-refractivity contribution in [2.75, 3.05) is 6.54 Å². The van der Waals surface area contributed by atoms with Crippen LogP contribution in [0.1, 0.15) is 11.3 Å². The van der Waals surface area contributed by atoms with E-state index in [9.17, 15) is 8.42 Å². The summed E-state index contributed by atoms with van der Waals surface area (Å²) in [4.78, 5) is 3.41. The normalized spacial score (nSPS) is 12.0. The van der Waals surface area contributed by atoms with Crippen molar-refractivity contribution < 1.29 is 8.42 Å². The van der Waals surface area contributed by atoms with Gasteiger partial charge in [-0.1, -0.05) is 41.4 Å². The number of hydrogen-bond acceptors (Lipinski definition) is 2. The van der Waals surface area contributed by atoms with Gasteiger partial charge in [0, 0.05) is 23.1 Å². The second-order valence-corrected chi connectivity index (χ2v) is 8.08. The topological polar surface area (TPSA) is 62.0 Å². The quantitative estimate of drug-likeness (QED) is 0.690. The first-order valence-corrected chi connectivity index (χ1v) is 9.63. The van der Waals surface area contributed by atoms with E-state index in [2.05, 4.69) is 9.71 Å². The maximum absolute atomic E-state index is 12.4. The number of benzene rings is 2. The lowest BCUT2D eigenvalue weighted by atomic mass is 10.1. The maximum Gasteiger partial charge on any atom is 0.240 e. The van der Waals surface area contributed by atoms with E-state index in [1.807, 2.05) is 31.2 Å². The third-order valence-corrected chi connectivity index (χ3v) is 6.09. The van der Waals surface area contributed by atoms with Gasteiger partial charge in [-0.2, -0.15) is 0 Å². The number of rotatable bonds is 5. The molecule has 0 amide bonds. The molecule has 0 aliphatic heterocycles. The first-order valence-electron chi connectivity index (χ1n) is 7.39. The Labute approximate surface area is 150 Å². The standard InChI is InChI=1S/C17H16Cl2N2O2S/c1-11-13(14-4-2-3-5-17(14)21-11)8-9-20-24(22,23)12-6-7-15(18)16(19)10-12/h2-7,10,20-21H,8-9H2,1H3. The van der Waals surface area contributed by atoms with Crippen molar-refractivity contribution in [1.29, 1.82) is 0 Å². The number of fused-ring (bicyclic) bond motifs is 1. The molecule has 3 aromatic rings. The van der Waals surface area contributed by atoms with Crippen molar-refractivity contribution in [3.8, 4) is 0 Å². The van der Waals surface area contributed by atoms with Crippen LogP contribution in [-0.4, -0.2) is 19.9 Å². The van der Waals surface area contributed by atoms with Crippen LogP contribution in [0.3, 0.4) is 0 Å². The lowest BCUT2D eigenvalue weighted by molar-refractivity contribution is 0.581. The van der Waals surface area contributed by atoms with Crippen LogP contribution in [0.2, 0.25) is 10.0 Å². The maximum atomic E-state index is 12.4. The molecule has 0 spiro atoms. The second-order valence-electron chi connectivity index (χ2n) is 5.50. The van der Waals surface area contributed by atoms with Crippen LogP contribution in [0.15, 0.2) is 47.4 Å². The fraction of sp³-hybridized carbons (Fsp3) is 0.176. The average Bonchev–Trinajstić information content (AvgIpc) is 2.86. The molecular formula is C17H16Cl2N2O2S. The number of sulfonamides is 1. The van der Waals surface area contributed by atoms with E-state index in [1.165, 1.54) is 18.2 Å². The van der Waals surface area contributed by atoms with Crippen molar-refractivity contribution in [3.05, 3.63) is 63.8 Å². The molecule has 0 radical (unpaired) electrons. The highest BCUT2D eigenvalue weighted by atomic mass is 35.5. The zero-order valence-electron chi connectivity index (χ0n) is 12.9. The lowest BCUT2D eigenvalue weighted by Gasteiger charge is -2.08. The molecular weight excluding hydrogens is 367 g/mol. The van der Waals surface area contributed by atoms with Crippen LogP contribution >= 0.6 is 23.2 Å². The van der Waals surface area contributed by atoms with Crippen LogP contribution in [0, 0.1) is 6.92 Å². The molecule has 126 valence electrons. The van der Waals surface area contributed by atoms with E-state index in [0.717, 1.165) is 22.2 Å². The molecule has 3 rings (SSSR count). The smallest absolute Gasteiger partial charge is 0.240 e. The van der Waals surface area contributed by atoms with Gasteiger partial charge in [-0.25, -0.2) is 13.1 Å². The van der Waals surface area contributed by atoms with Crippen LogP contribution in [0.4, 0.5) is 0 Å². The van der Waals surface area contributed by atoms with E-state index in [0.29, 0.717) is 18.0 Å². The van der Waals surface area contributed by atoms with Gasteiger partial charge in [0.05, 0.1) is 14.9 Å². The SMILES string of the molecule is Cc1[nH]c2ccccc2c1CCNS(=O)(=O)c1ccc(Cl)c(Cl)c1. The molecule has 1 heterocycles. The highest BCUT2D eigenvalue weighted by Gasteiger charge is 2.16. The summed E-state index contributed by atoms with van der Waals surface area (Å²) < 4.78 is 27.3. The molecule has 1 aromatic heterocycles. The van der Waals surface area contributed by atoms with E-state index >= 15 is 0 Å². The van der Waals surface area contributed by atoms with Gasteiger partial charge in [-0.15, -0.1) is 0 Å². The first kappa shape index (κ1) is 17.3. The van der Waals surface area contributed by atoms with E-state index < -0.39 is 10.0 Å². The van der Waals surface area contributed by atoms with Crippen molar-refractivity contribution >= 4 is 44.1 Å². The van der Waals surface area contributed by atoms with Crippen molar-refractivity contribution in [1.82, 2.24) is 9.71 Å². The predicted octanol–water partition coefficient (Wildman–Crippen LogP) is 4.30. The number of aryl methyl sites for hydroxylation is 1. The number of para-hydroxylation sites is 1. The number of H-pyrrole nitrogens is 1. The minimum atomic E-state index is -3.62. The van der Waals surface area contributed by atoms with Gasteiger partial charge in [0.2, 0.25) is 10.0 Å². The summed E-state index contributed by atoms with van der Waals surface area (Å²) in [6, 6.07) is 12.2. The molecule has 0 saturated carbocycles. The molecule has 4 nitrogen and oxygen atoms in total. The highest BCUT2D eigenvalue weighted by molar-refractivity contribution is 7.89. The van der Waals surface area contributed by atoms with Gasteiger partial charge in [0.15, 0.2) is 0 Å². The Kier molecular flexibility index (Phi) is 4.88. The first-order chi connectivity index (χ1) is 11.4. The average molecular weight is 383 g/mol. The Hall–Kier alpha value is -1.53. The molecule has 0 atom stereocenters. The fourth-order valence-corrected chi connectivity index (χ4v) is 4.12. The number of nitrogens with one attached hydrogen (secondary N) is 2. The fourth-order valence-electron chi connectivity index (χ4n) is 2.69. The molecule has 0 aliphatic rings. The van der Waals surface area contributed by atoms with Gasteiger partial charge >= 0.3 is 0 Å². The van der Waals surface area contributed by atoms with Gasteiger partial charge in [-0.05, 0) is 43.2 Å². The largest absolute Gasteiger partial charge is 0.358 e. The van der Waals surface area contributed by atoms with Gasteiger partial charge < -0.3 is 4.98 Å². The second kappa shape index (κ2) is 6.76. The Balaban J connectivity index is 1.75. The molecule has 0 saturated heterocycles. The summed E-state index contributed by atoms with van der Waals surface area (Å²) in [6.07, 6.45) is 0.594. The summed E-state index contributed by atoms with van der Waals surface area (Å²) in [5.74, 6) is 0. The summed E-state index contributed by atoms with van der Waals surface area (Å²) in [5, 5.41) is 1.65. The predicted molar refractivity (Wildman–Crippen MR) is 98.4 cm³/mol. The Morgan fingerprint density at radius 1 is 1.08 bits per heavy atom. The Bertz CT molecular complexity index is 997. The highest BCUT2D eigenvalue weighted by Crippen LogP contribution is 2.25. The molecule has 0 bridgehead atoms. The lowest BCUT2D eigenvalue weighted by Crippen LogP contribution is -2.26. The summed E-state index contributed by atoms with van der Waals surface area (Å²) >= 11 is 11.7. The van der Waals surface area contributed by atoms with Crippen LogP contribution in [-0.2, 0) is 16.4 Å². The van der Waals surface area contributed by atoms with E-state index in [1.54, 1.807) is 0 Å². The molecule has 7 heteroatoms. The number of halogens is 2. The summed E-state index contributed by atoms with van der Waals surface area (Å²) in [5.41, 5.74) is 3.21. The minimum Gasteiger partial charge on any atom is -0.358 e. The van der Waals surface area contributed by atoms with Gasteiger partial charge in [-0.3, -0.25) is 0 Å². The van der Waals surface area contributed by atoms with Gasteiger partial charge in [0.25, 0.3) is 0 Å². The summed E-state index contributed by atoms with van der Waals surface area (Å²) in [7, 11) is -3.62. The number of aromatic amines is 1. The van der Waals surface area contributed by atoms with Crippen LogP contribution in [0.5, 0.6) is 0 Å². The van der Waals surface area contributed by atoms with E-state index in [-0.39, 0.29) is 9.92 Å². The molecule has 24 heavy (non-hydrogen) atoms. The molecule has 2 N–H and O–H groups in total. The van der Waals surface area contributed by atoms with E-state index in [4.69, 9.17) is 23.2 Å². The van der Waals surface area contributed by atoms with Crippen molar-refractivity contribution in [2.24, 2.45) is 0 Å². The third-order valence-electron chi connectivity index (χ3n) is 3.90. The molecule has 0 fully saturated rings. The minimum absolute atomic E-state index is 0.104. The van der Waals surface area contributed by atoms with Crippen LogP contribution < -0.4 is 4.72 Å². The third kappa shape index (κ3) is 3.44. The number of hydrogen-bond donors (Lipinski definition) is 2. The summed E-state index contributed by atoms with van der Waals surface area (Å²) in [6.45, 7) is 2.29. The van der Waals surface area contributed by atoms with Crippen molar-refractivity contribution in [2.45, 2.75) is 18.2 Å². The zero-order valence-corrected chi connectivity index (χ0v) is 15.3. The Morgan fingerprint density at radius 2 is 1.83 bits per heavy atom. The molecule has 2 aromatic carbocycles. The monoisotopic (exact) mass is 382 g/mol. The number of aromatic nitrogens is 1.